The molecule has 12 aromatic rings. The standard InChI is InChI=1S/C59H37N3O/c1-2-15-38-33-41(28-27-36(38)13-1)57-60-58(62-59(61-57)52-34-39-16-4-6-19-44(39)45-20-7-10-23-48(45)52)51-31-30-49(46-21-8-9-22-47(46)51)50-25-12-26-55-56(50)53-35-40(29-32-54(53)63-55)43-24-11-17-37-14-3-5-18-42(37)43/h1-35,59H,(H,60,61,62). The number of nitrogens with one attached hydrogen (secondary N) is 1. The monoisotopic (exact) mass is 803 g/mol. The maximum Gasteiger partial charge on any atom is 0.160 e. The minimum Gasteiger partial charge on any atom is -0.456 e. The van der Waals surface area contributed by atoms with Crippen LogP contribution in [0.2, 0.25) is 0 Å². The van der Waals surface area contributed by atoms with Gasteiger partial charge in [-0.2, -0.15) is 0 Å². The molecule has 13 rings (SSSR count). The summed E-state index contributed by atoms with van der Waals surface area (Å²) in [6.45, 7) is 0. The lowest BCUT2D eigenvalue weighted by Crippen LogP contribution is -2.33. The summed E-state index contributed by atoms with van der Waals surface area (Å²) in [4.78, 5) is 10.9. The predicted molar refractivity (Wildman–Crippen MR) is 264 cm³/mol. The number of amidine groups is 2. The molecule has 0 spiro atoms. The van der Waals surface area contributed by atoms with Gasteiger partial charge in [0.1, 0.15) is 23.2 Å². The highest BCUT2D eigenvalue weighted by Crippen LogP contribution is 2.43. The van der Waals surface area contributed by atoms with Gasteiger partial charge < -0.3 is 9.73 Å². The Kier molecular flexibility index (Phi) is 7.94. The van der Waals surface area contributed by atoms with E-state index in [1.54, 1.807) is 0 Å². The van der Waals surface area contributed by atoms with Crippen molar-refractivity contribution in [3.8, 4) is 22.3 Å². The summed E-state index contributed by atoms with van der Waals surface area (Å²) in [7, 11) is 0. The average Bonchev–Trinajstić information content (AvgIpc) is 3.74. The molecule has 11 aromatic carbocycles. The highest BCUT2D eigenvalue weighted by Gasteiger charge is 2.25. The van der Waals surface area contributed by atoms with E-state index in [0.717, 1.165) is 77.3 Å². The fourth-order valence-corrected chi connectivity index (χ4v) is 9.95. The third kappa shape index (κ3) is 5.76. The summed E-state index contributed by atoms with van der Waals surface area (Å²) >= 11 is 0. The van der Waals surface area contributed by atoms with Gasteiger partial charge >= 0.3 is 0 Å². The number of nitrogens with zero attached hydrogens (tertiary/aromatic N) is 2. The van der Waals surface area contributed by atoms with Gasteiger partial charge in [0, 0.05) is 27.5 Å². The van der Waals surface area contributed by atoms with Crippen LogP contribution in [-0.2, 0) is 0 Å². The lowest BCUT2D eigenvalue weighted by Gasteiger charge is -2.26. The number of aliphatic imine (C=N–C) groups is 2. The van der Waals surface area contributed by atoms with Gasteiger partial charge in [0.2, 0.25) is 0 Å². The second-order valence-electron chi connectivity index (χ2n) is 16.5. The first-order valence-corrected chi connectivity index (χ1v) is 21.5. The molecule has 0 radical (unpaired) electrons. The van der Waals surface area contributed by atoms with Gasteiger partial charge in [-0.1, -0.05) is 176 Å². The van der Waals surface area contributed by atoms with Crippen LogP contribution in [0, 0.1) is 0 Å². The minimum absolute atomic E-state index is 0.395. The van der Waals surface area contributed by atoms with Crippen molar-refractivity contribution in [1.29, 1.82) is 0 Å². The molecule has 63 heavy (non-hydrogen) atoms. The first-order chi connectivity index (χ1) is 31.2. The Hall–Kier alpha value is -8.34. The Balaban J connectivity index is 1.00. The zero-order chi connectivity index (χ0) is 41.4. The quantitative estimate of drug-likeness (QED) is 0.176. The largest absolute Gasteiger partial charge is 0.456 e. The molecule has 1 N–H and O–H groups in total. The fraction of sp³-hybridized carbons (Fsp3) is 0.0169. The van der Waals surface area contributed by atoms with Crippen LogP contribution in [0.5, 0.6) is 0 Å². The number of hydrogen-bond acceptors (Lipinski definition) is 4. The van der Waals surface area contributed by atoms with Crippen LogP contribution >= 0.6 is 0 Å². The summed E-state index contributed by atoms with van der Waals surface area (Å²) in [5.74, 6) is 1.48. The molecule has 0 saturated carbocycles. The third-order valence-corrected chi connectivity index (χ3v) is 12.9. The fourth-order valence-electron chi connectivity index (χ4n) is 9.95. The van der Waals surface area contributed by atoms with E-state index in [9.17, 15) is 0 Å². The Morgan fingerprint density at radius 2 is 1.00 bits per heavy atom. The number of benzene rings is 11. The molecular weight excluding hydrogens is 767 g/mol. The van der Waals surface area contributed by atoms with E-state index in [4.69, 9.17) is 14.4 Å². The van der Waals surface area contributed by atoms with Crippen LogP contribution in [0.25, 0.3) is 98.1 Å². The Morgan fingerprint density at radius 3 is 1.86 bits per heavy atom. The molecule has 1 atom stereocenters. The van der Waals surface area contributed by atoms with Crippen molar-refractivity contribution < 1.29 is 4.42 Å². The van der Waals surface area contributed by atoms with E-state index in [1.165, 1.54) is 43.3 Å². The zero-order valence-electron chi connectivity index (χ0n) is 34.1. The van der Waals surface area contributed by atoms with Gasteiger partial charge in [-0.25, -0.2) is 9.98 Å². The normalized spacial score (nSPS) is 14.2. The van der Waals surface area contributed by atoms with Crippen LogP contribution in [0.3, 0.4) is 0 Å². The molecule has 0 saturated heterocycles. The lowest BCUT2D eigenvalue weighted by atomic mass is 9.91. The molecule has 2 heterocycles. The van der Waals surface area contributed by atoms with Crippen LogP contribution in [-0.4, -0.2) is 11.7 Å². The van der Waals surface area contributed by atoms with Crippen LogP contribution in [0.15, 0.2) is 227 Å². The Morgan fingerprint density at radius 1 is 0.365 bits per heavy atom. The second kappa shape index (κ2) is 14.1. The van der Waals surface area contributed by atoms with Gasteiger partial charge in [0.05, 0.1) is 0 Å². The highest BCUT2D eigenvalue weighted by molar-refractivity contribution is 6.22. The molecular formula is C59H37N3O. The van der Waals surface area contributed by atoms with Crippen LogP contribution < -0.4 is 5.32 Å². The van der Waals surface area contributed by atoms with Crippen LogP contribution in [0.1, 0.15) is 22.9 Å². The minimum atomic E-state index is -0.395. The van der Waals surface area contributed by atoms with Crippen LogP contribution in [0.4, 0.5) is 0 Å². The van der Waals surface area contributed by atoms with E-state index in [0.29, 0.717) is 5.84 Å². The summed E-state index contributed by atoms with van der Waals surface area (Å²) in [5.41, 5.74) is 9.45. The summed E-state index contributed by atoms with van der Waals surface area (Å²) in [6.07, 6.45) is -0.395. The predicted octanol–water partition coefficient (Wildman–Crippen LogP) is 15.2. The van der Waals surface area contributed by atoms with Crippen molar-refractivity contribution in [3.05, 3.63) is 229 Å². The molecule has 0 amide bonds. The number of furan rings is 1. The van der Waals surface area contributed by atoms with Crippen molar-refractivity contribution in [3.63, 3.8) is 0 Å². The SMILES string of the molecule is c1ccc2cc(C3=NC(c4ccc(-c5cccc6oc7ccc(-c8cccc9ccccc89)cc7c56)c5ccccc45)=NC(c4cc5ccccc5c5ccccc45)N3)ccc2c1. The van der Waals surface area contributed by atoms with Gasteiger partial charge in [-0.3, -0.25) is 0 Å². The molecule has 0 bridgehead atoms. The Labute approximate surface area is 363 Å². The first kappa shape index (κ1) is 35.4. The lowest BCUT2D eigenvalue weighted by molar-refractivity contribution is 0.669. The number of hydrogen-bond donors (Lipinski definition) is 1. The molecule has 4 nitrogen and oxygen atoms in total. The average molecular weight is 804 g/mol. The molecule has 1 aromatic heterocycles. The molecule has 1 unspecified atom stereocenters. The van der Waals surface area contributed by atoms with E-state index >= 15 is 0 Å². The maximum atomic E-state index is 6.57. The van der Waals surface area contributed by atoms with Crippen molar-refractivity contribution in [2.45, 2.75) is 6.17 Å². The molecule has 294 valence electrons. The van der Waals surface area contributed by atoms with E-state index in [-0.39, 0.29) is 0 Å². The van der Waals surface area contributed by atoms with E-state index in [1.807, 2.05) is 0 Å². The highest BCUT2D eigenvalue weighted by atomic mass is 16.3. The van der Waals surface area contributed by atoms with Crippen molar-refractivity contribution in [1.82, 2.24) is 5.32 Å². The topological polar surface area (TPSA) is 49.9 Å². The Bertz CT molecular complexity index is 3910. The molecule has 0 aliphatic carbocycles. The molecule has 1 aliphatic rings. The second-order valence-corrected chi connectivity index (χ2v) is 16.5. The van der Waals surface area contributed by atoms with Crippen molar-refractivity contribution in [2.24, 2.45) is 9.98 Å². The van der Waals surface area contributed by atoms with Crippen molar-refractivity contribution in [2.75, 3.05) is 0 Å². The summed E-state index contributed by atoms with van der Waals surface area (Å²) in [5, 5.41) is 17.8. The summed E-state index contributed by atoms with van der Waals surface area (Å²) < 4.78 is 6.57. The van der Waals surface area contributed by atoms with Gasteiger partial charge in [0.25, 0.3) is 0 Å². The maximum absolute atomic E-state index is 6.57. The smallest absolute Gasteiger partial charge is 0.160 e. The number of fused-ring (bicyclic) bond motifs is 9. The van der Waals surface area contributed by atoms with E-state index < -0.39 is 6.17 Å². The van der Waals surface area contributed by atoms with Crippen molar-refractivity contribution >= 4 is 87.5 Å². The number of rotatable bonds is 5. The van der Waals surface area contributed by atoms with Gasteiger partial charge in [0.15, 0.2) is 5.84 Å². The zero-order valence-corrected chi connectivity index (χ0v) is 34.1. The summed E-state index contributed by atoms with van der Waals surface area (Å²) in [6, 6.07) is 75.9. The van der Waals surface area contributed by atoms with Gasteiger partial charge in [-0.05, 0) is 113 Å². The third-order valence-electron chi connectivity index (χ3n) is 12.9. The van der Waals surface area contributed by atoms with E-state index in [2.05, 4.69) is 218 Å². The van der Waals surface area contributed by atoms with Gasteiger partial charge in [-0.15, -0.1) is 0 Å². The first-order valence-electron chi connectivity index (χ1n) is 21.5. The molecule has 1 aliphatic heterocycles. The molecule has 0 fully saturated rings. The molecule has 4 heteroatoms.